The Labute approximate surface area is 123 Å². The zero-order chi connectivity index (χ0) is 15.3. The minimum absolute atomic E-state index is 0.176. The van der Waals surface area contributed by atoms with E-state index in [1.807, 2.05) is 30.3 Å². The summed E-state index contributed by atoms with van der Waals surface area (Å²) in [5, 5.41) is 20.4. The Kier molecular flexibility index (Phi) is 4.70. The summed E-state index contributed by atoms with van der Waals surface area (Å²) >= 11 is 0. The zero-order valence-electron chi connectivity index (χ0n) is 12.3. The second-order valence-corrected chi connectivity index (χ2v) is 5.44. The number of aryl methyl sites for hydroxylation is 2. The molecule has 1 aromatic heterocycles. The highest BCUT2D eigenvalue weighted by molar-refractivity contribution is 5.91. The quantitative estimate of drug-likeness (QED) is 0.828. The molecule has 112 valence electrons. The van der Waals surface area contributed by atoms with Crippen LogP contribution >= 0.6 is 0 Å². The topological polar surface area (TPSA) is 80.0 Å². The maximum atomic E-state index is 11.8. The predicted molar refractivity (Wildman–Crippen MR) is 78.7 cm³/mol. The number of amides is 1. The molecule has 1 heterocycles. The molecule has 0 bridgehead atoms. The van der Waals surface area contributed by atoms with E-state index in [4.69, 9.17) is 0 Å². The van der Waals surface area contributed by atoms with Gasteiger partial charge >= 0.3 is 0 Å². The average molecular weight is 288 g/mol. The standard InChI is InChI=1S/C15H20N4O2/c1-15(21,9-8-12-6-4-3-5-7-12)11-16-14(20)13-10-19(2)18-17-13/h3-7,10,21H,8-9,11H2,1-2H3,(H,16,20)/t15-/m1/s1. The van der Waals surface area contributed by atoms with E-state index < -0.39 is 5.60 Å². The monoisotopic (exact) mass is 288 g/mol. The SMILES string of the molecule is Cn1cc(C(=O)NC[C@](C)(O)CCc2ccccc2)nn1. The van der Waals surface area contributed by atoms with Gasteiger partial charge in [0.1, 0.15) is 0 Å². The largest absolute Gasteiger partial charge is 0.388 e. The number of aromatic nitrogens is 3. The van der Waals surface area contributed by atoms with E-state index in [1.165, 1.54) is 10.9 Å². The van der Waals surface area contributed by atoms with Crippen molar-refractivity contribution in [3.05, 3.63) is 47.8 Å². The van der Waals surface area contributed by atoms with Crippen molar-refractivity contribution in [2.75, 3.05) is 6.54 Å². The predicted octanol–water partition coefficient (Wildman–Crippen LogP) is 0.929. The maximum Gasteiger partial charge on any atom is 0.273 e. The summed E-state index contributed by atoms with van der Waals surface area (Å²) in [6.07, 6.45) is 2.86. The van der Waals surface area contributed by atoms with Crippen LogP contribution in [0.2, 0.25) is 0 Å². The molecule has 2 aromatic rings. The molecule has 0 aliphatic rings. The van der Waals surface area contributed by atoms with Crippen molar-refractivity contribution in [1.82, 2.24) is 20.3 Å². The molecular weight excluding hydrogens is 268 g/mol. The van der Waals surface area contributed by atoms with E-state index in [9.17, 15) is 9.90 Å². The van der Waals surface area contributed by atoms with Gasteiger partial charge in [0.2, 0.25) is 0 Å². The molecule has 0 fully saturated rings. The number of aliphatic hydroxyl groups is 1. The number of rotatable bonds is 6. The van der Waals surface area contributed by atoms with Gasteiger partial charge in [0.25, 0.3) is 5.91 Å². The molecule has 2 N–H and O–H groups in total. The Balaban J connectivity index is 1.82. The summed E-state index contributed by atoms with van der Waals surface area (Å²) in [7, 11) is 1.69. The van der Waals surface area contributed by atoms with E-state index in [2.05, 4.69) is 15.6 Å². The highest BCUT2D eigenvalue weighted by Gasteiger charge is 2.22. The Bertz CT molecular complexity index is 593. The van der Waals surface area contributed by atoms with E-state index >= 15 is 0 Å². The summed E-state index contributed by atoms with van der Waals surface area (Å²) in [6, 6.07) is 9.95. The number of hydrogen-bond donors (Lipinski definition) is 2. The highest BCUT2D eigenvalue weighted by atomic mass is 16.3. The van der Waals surface area contributed by atoms with Gasteiger partial charge < -0.3 is 10.4 Å². The number of hydrogen-bond acceptors (Lipinski definition) is 4. The molecule has 0 spiro atoms. The van der Waals surface area contributed by atoms with Gasteiger partial charge in [-0.2, -0.15) is 0 Å². The third-order valence-electron chi connectivity index (χ3n) is 3.26. The summed E-state index contributed by atoms with van der Waals surface area (Å²) in [5.41, 5.74) is 0.447. The van der Waals surface area contributed by atoms with Gasteiger partial charge in [0, 0.05) is 13.6 Å². The summed E-state index contributed by atoms with van der Waals surface area (Å²) < 4.78 is 1.46. The summed E-state index contributed by atoms with van der Waals surface area (Å²) in [5.74, 6) is -0.330. The van der Waals surface area contributed by atoms with Gasteiger partial charge in [-0.05, 0) is 25.3 Å². The van der Waals surface area contributed by atoms with Crippen LogP contribution < -0.4 is 5.32 Å². The molecule has 1 amide bonds. The highest BCUT2D eigenvalue weighted by Crippen LogP contribution is 2.13. The van der Waals surface area contributed by atoms with Crippen molar-refractivity contribution in [1.29, 1.82) is 0 Å². The Morgan fingerprint density at radius 3 is 2.71 bits per heavy atom. The van der Waals surface area contributed by atoms with Crippen molar-refractivity contribution in [2.24, 2.45) is 7.05 Å². The van der Waals surface area contributed by atoms with E-state index in [-0.39, 0.29) is 18.1 Å². The van der Waals surface area contributed by atoms with Crippen LogP contribution in [-0.2, 0) is 13.5 Å². The molecule has 1 atom stereocenters. The zero-order valence-corrected chi connectivity index (χ0v) is 12.3. The molecule has 1 aromatic carbocycles. The molecule has 6 heteroatoms. The molecule has 2 rings (SSSR count). The number of nitrogens with zero attached hydrogens (tertiary/aromatic N) is 3. The summed E-state index contributed by atoms with van der Waals surface area (Å²) in [4.78, 5) is 11.8. The fraction of sp³-hybridized carbons (Fsp3) is 0.400. The number of benzene rings is 1. The van der Waals surface area contributed by atoms with E-state index in [1.54, 1.807) is 14.0 Å². The second kappa shape index (κ2) is 6.49. The normalized spacial score (nSPS) is 13.7. The lowest BCUT2D eigenvalue weighted by Crippen LogP contribution is -2.41. The first-order chi connectivity index (χ1) is 9.96. The van der Waals surface area contributed by atoms with Gasteiger partial charge in [-0.25, -0.2) is 0 Å². The van der Waals surface area contributed by atoms with Crippen LogP contribution in [0.25, 0.3) is 0 Å². The van der Waals surface area contributed by atoms with Crippen molar-refractivity contribution < 1.29 is 9.90 Å². The molecular formula is C15H20N4O2. The number of carbonyl (C=O) groups is 1. The lowest BCUT2D eigenvalue weighted by molar-refractivity contribution is 0.0477. The van der Waals surface area contributed by atoms with Gasteiger partial charge in [-0.15, -0.1) is 5.10 Å². The van der Waals surface area contributed by atoms with Gasteiger partial charge in [0.15, 0.2) is 5.69 Å². The average Bonchev–Trinajstić information content (AvgIpc) is 2.91. The van der Waals surface area contributed by atoms with Crippen molar-refractivity contribution in [3.8, 4) is 0 Å². The van der Waals surface area contributed by atoms with Gasteiger partial charge in [0.05, 0.1) is 11.8 Å². The van der Waals surface area contributed by atoms with Crippen LogP contribution in [0, 0.1) is 0 Å². The third kappa shape index (κ3) is 4.68. The molecule has 0 saturated carbocycles. The van der Waals surface area contributed by atoms with Crippen LogP contribution in [0.4, 0.5) is 0 Å². The Morgan fingerprint density at radius 2 is 2.10 bits per heavy atom. The molecule has 0 aliphatic carbocycles. The molecule has 21 heavy (non-hydrogen) atoms. The van der Waals surface area contributed by atoms with E-state index in [0.717, 1.165) is 12.0 Å². The first-order valence-corrected chi connectivity index (χ1v) is 6.87. The first kappa shape index (κ1) is 15.2. The number of nitrogens with one attached hydrogen (secondary N) is 1. The van der Waals surface area contributed by atoms with Crippen LogP contribution in [0.15, 0.2) is 36.5 Å². The maximum absolute atomic E-state index is 11.8. The van der Waals surface area contributed by atoms with Crippen LogP contribution in [0.3, 0.4) is 0 Å². The second-order valence-electron chi connectivity index (χ2n) is 5.44. The molecule has 0 radical (unpaired) electrons. The lowest BCUT2D eigenvalue weighted by Gasteiger charge is -2.23. The van der Waals surface area contributed by atoms with Crippen LogP contribution in [0.1, 0.15) is 29.4 Å². The van der Waals surface area contributed by atoms with Gasteiger partial charge in [-0.3, -0.25) is 9.48 Å². The smallest absolute Gasteiger partial charge is 0.273 e. The molecule has 6 nitrogen and oxygen atoms in total. The first-order valence-electron chi connectivity index (χ1n) is 6.87. The fourth-order valence-corrected chi connectivity index (χ4v) is 1.96. The molecule has 0 unspecified atom stereocenters. The van der Waals surface area contributed by atoms with Crippen LogP contribution in [0.5, 0.6) is 0 Å². The summed E-state index contributed by atoms with van der Waals surface area (Å²) in [6.45, 7) is 1.89. The van der Waals surface area contributed by atoms with Crippen molar-refractivity contribution >= 4 is 5.91 Å². The lowest BCUT2D eigenvalue weighted by atomic mass is 9.97. The van der Waals surface area contributed by atoms with Crippen molar-refractivity contribution in [3.63, 3.8) is 0 Å². The Morgan fingerprint density at radius 1 is 1.38 bits per heavy atom. The van der Waals surface area contributed by atoms with Gasteiger partial charge in [-0.1, -0.05) is 35.5 Å². The molecule has 0 saturated heterocycles. The Hall–Kier alpha value is -2.21. The minimum Gasteiger partial charge on any atom is -0.388 e. The number of carbonyl (C=O) groups excluding carboxylic acids is 1. The third-order valence-corrected chi connectivity index (χ3v) is 3.26. The van der Waals surface area contributed by atoms with Crippen LogP contribution in [-0.4, -0.2) is 38.2 Å². The van der Waals surface area contributed by atoms with Crippen molar-refractivity contribution in [2.45, 2.75) is 25.4 Å². The minimum atomic E-state index is -0.965. The van der Waals surface area contributed by atoms with E-state index in [0.29, 0.717) is 6.42 Å². The molecule has 0 aliphatic heterocycles. The fourth-order valence-electron chi connectivity index (χ4n) is 1.96.